The molecule has 1 heterocycles. The van der Waals surface area contributed by atoms with Crippen LogP contribution in [0, 0.1) is 10.1 Å². The number of imidazole rings is 1. The number of aromatic amines is 1. The van der Waals surface area contributed by atoms with Gasteiger partial charge in [0.2, 0.25) is 5.16 Å². The third-order valence-corrected chi connectivity index (χ3v) is 4.67. The number of rotatable bonds is 4. The largest absolute Gasteiger partial charge is 0.377 e. The fraction of sp³-hybridized carbons (Fsp3) is 0.133. The van der Waals surface area contributed by atoms with Crippen molar-refractivity contribution >= 4 is 33.2 Å². The second-order valence-corrected chi connectivity index (χ2v) is 6.50. The predicted molar refractivity (Wildman–Crippen MR) is 88.2 cm³/mol. The molecule has 0 aliphatic heterocycles. The molecule has 1 unspecified atom stereocenters. The molecule has 1 N–H and O–H groups in total. The lowest BCUT2D eigenvalue weighted by Gasteiger charge is -2.15. The molecule has 0 aliphatic carbocycles. The molecule has 0 saturated heterocycles. The molecule has 1 atom stereocenters. The molecule has 3 aromatic rings. The topological polar surface area (TPSA) is 92.1 Å². The van der Waals surface area contributed by atoms with Crippen molar-refractivity contribution in [2.45, 2.75) is 10.1 Å². The Hall–Kier alpha value is -2.74. The number of non-ortho nitro benzene ring substituents is 1. The minimum Gasteiger partial charge on any atom is -0.377 e. The number of benzene rings is 2. The minimum atomic E-state index is -1.51. The summed E-state index contributed by atoms with van der Waals surface area (Å²) in [6, 6.07) is 11.7. The van der Waals surface area contributed by atoms with E-state index < -0.39 is 15.7 Å². The maximum atomic E-state index is 12.8. The third kappa shape index (κ3) is 2.80. The summed E-state index contributed by atoms with van der Waals surface area (Å²) in [5.74, 6) is 0. The Morgan fingerprint density at radius 1 is 1.22 bits per heavy atom. The van der Waals surface area contributed by atoms with Gasteiger partial charge in [-0.15, -0.1) is 0 Å². The van der Waals surface area contributed by atoms with Crippen LogP contribution in [0.15, 0.2) is 52.5 Å². The molecule has 0 aliphatic rings. The van der Waals surface area contributed by atoms with E-state index in [1.807, 2.05) is 37.2 Å². The van der Waals surface area contributed by atoms with Gasteiger partial charge in [0.05, 0.1) is 26.5 Å². The van der Waals surface area contributed by atoms with Crippen LogP contribution in [0.5, 0.6) is 0 Å². The molecule has 0 bridgehead atoms. The van der Waals surface area contributed by atoms with Gasteiger partial charge in [0.1, 0.15) is 10.8 Å². The van der Waals surface area contributed by atoms with Crippen molar-refractivity contribution in [2.75, 3.05) is 19.0 Å². The molecule has 7 nitrogen and oxygen atoms in total. The molecular weight excluding hydrogens is 316 g/mol. The molecule has 0 amide bonds. The number of para-hydroxylation sites is 1. The summed E-state index contributed by atoms with van der Waals surface area (Å²) in [4.78, 5) is 20.1. The van der Waals surface area contributed by atoms with Crippen LogP contribution in [-0.4, -0.2) is 33.2 Å². The molecule has 3 rings (SSSR count). The Kier molecular flexibility index (Phi) is 3.83. The number of hydrogen-bond acceptors (Lipinski definition) is 5. The molecule has 118 valence electrons. The molecule has 0 radical (unpaired) electrons. The molecule has 2 aromatic carbocycles. The summed E-state index contributed by atoms with van der Waals surface area (Å²) in [7, 11) is 2.24. The van der Waals surface area contributed by atoms with Gasteiger partial charge in [0.15, 0.2) is 0 Å². The van der Waals surface area contributed by atoms with Crippen LogP contribution in [0.3, 0.4) is 0 Å². The van der Waals surface area contributed by atoms with E-state index in [1.54, 1.807) is 12.1 Å². The van der Waals surface area contributed by atoms with Gasteiger partial charge in [0.25, 0.3) is 5.69 Å². The van der Waals surface area contributed by atoms with Crippen LogP contribution in [0.1, 0.15) is 0 Å². The SMILES string of the molecule is CN(C)c1ccccc1S(=O)c1nc2ccc([N+](=O)[O-])cc2[nH]1. The number of anilines is 1. The van der Waals surface area contributed by atoms with E-state index in [1.165, 1.54) is 12.1 Å². The van der Waals surface area contributed by atoms with Crippen LogP contribution in [0.4, 0.5) is 11.4 Å². The van der Waals surface area contributed by atoms with Crippen LogP contribution >= 0.6 is 0 Å². The summed E-state index contributed by atoms with van der Waals surface area (Å²) in [6.07, 6.45) is 0. The van der Waals surface area contributed by atoms with Crippen molar-refractivity contribution in [2.24, 2.45) is 0 Å². The van der Waals surface area contributed by atoms with E-state index in [0.717, 1.165) is 5.69 Å². The molecule has 0 saturated carbocycles. The Morgan fingerprint density at radius 3 is 2.65 bits per heavy atom. The summed E-state index contributed by atoms with van der Waals surface area (Å²) in [5.41, 5.74) is 1.83. The van der Waals surface area contributed by atoms with Crippen molar-refractivity contribution < 1.29 is 9.13 Å². The molecule has 23 heavy (non-hydrogen) atoms. The predicted octanol–water partition coefficient (Wildman–Crippen LogP) is 2.70. The zero-order valence-electron chi connectivity index (χ0n) is 12.5. The zero-order valence-corrected chi connectivity index (χ0v) is 13.3. The van der Waals surface area contributed by atoms with Crippen LogP contribution in [0.25, 0.3) is 11.0 Å². The first-order chi connectivity index (χ1) is 11.0. The molecular formula is C15H14N4O3S. The summed E-state index contributed by atoms with van der Waals surface area (Å²) >= 11 is 0. The number of hydrogen-bond donors (Lipinski definition) is 1. The van der Waals surface area contributed by atoms with E-state index in [4.69, 9.17) is 0 Å². The van der Waals surface area contributed by atoms with Gasteiger partial charge in [0, 0.05) is 26.2 Å². The number of H-pyrrole nitrogens is 1. The molecule has 1 aromatic heterocycles. The second kappa shape index (κ2) is 5.81. The van der Waals surface area contributed by atoms with E-state index >= 15 is 0 Å². The van der Waals surface area contributed by atoms with Crippen molar-refractivity contribution in [3.05, 3.63) is 52.6 Å². The van der Waals surface area contributed by atoms with Gasteiger partial charge in [-0.2, -0.15) is 0 Å². The van der Waals surface area contributed by atoms with Gasteiger partial charge in [-0.1, -0.05) is 12.1 Å². The van der Waals surface area contributed by atoms with Gasteiger partial charge in [-0.3, -0.25) is 10.1 Å². The summed E-state index contributed by atoms with van der Waals surface area (Å²) in [6.45, 7) is 0. The second-order valence-electron chi connectivity index (χ2n) is 5.13. The van der Waals surface area contributed by atoms with Crippen molar-refractivity contribution in [1.82, 2.24) is 9.97 Å². The van der Waals surface area contributed by atoms with Gasteiger partial charge < -0.3 is 9.88 Å². The molecule has 8 heteroatoms. The quantitative estimate of drug-likeness (QED) is 0.586. The minimum absolute atomic E-state index is 0.0350. The average molecular weight is 330 g/mol. The lowest BCUT2D eigenvalue weighted by molar-refractivity contribution is -0.384. The Labute approximate surface area is 134 Å². The first-order valence-corrected chi connectivity index (χ1v) is 7.94. The standard InChI is InChI=1S/C15H14N4O3S/c1-18(2)13-5-3-4-6-14(13)23(22)15-16-11-8-7-10(19(20)21)9-12(11)17-15/h3-9H,1-2H3,(H,16,17). The highest BCUT2D eigenvalue weighted by molar-refractivity contribution is 7.85. The van der Waals surface area contributed by atoms with E-state index in [2.05, 4.69) is 9.97 Å². The summed E-state index contributed by atoms with van der Waals surface area (Å²) < 4.78 is 12.8. The Balaban J connectivity index is 2.07. The highest BCUT2D eigenvalue weighted by Crippen LogP contribution is 2.27. The fourth-order valence-corrected chi connectivity index (χ4v) is 3.50. The lowest BCUT2D eigenvalue weighted by atomic mass is 10.3. The number of nitrogens with one attached hydrogen (secondary N) is 1. The van der Waals surface area contributed by atoms with Crippen LogP contribution in [-0.2, 0) is 10.8 Å². The molecule has 0 fully saturated rings. The van der Waals surface area contributed by atoms with E-state index in [-0.39, 0.29) is 10.8 Å². The monoisotopic (exact) mass is 330 g/mol. The Morgan fingerprint density at radius 2 is 1.96 bits per heavy atom. The zero-order chi connectivity index (χ0) is 16.6. The van der Waals surface area contributed by atoms with Crippen molar-refractivity contribution in [3.63, 3.8) is 0 Å². The van der Waals surface area contributed by atoms with E-state index in [9.17, 15) is 14.3 Å². The number of nitro groups is 1. The highest BCUT2D eigenvalue weighted by atomic mass is 32.2. The lowest BCUT2D eigenvalue weighted by Crippen LogP contribution is -2.12. The van der Waals surface area contributed by atoms with Crippen LogP contribution < -0.4 is 4.90 Å². The fourth-order valence-electron chi connectivity index (χ4n) is 2.26. The van der Waals surface area contributed by atoms with E-state index in [0.29, 0.717) is 15.9 Å². The van der Waals surface area contributed by atoms with Crippen molar-refractivity contribution in [3.8, 4) is 0 Å². The third-order valence-electron chi connectivity index (χ3n) is 3.38. The molecule has 0 spiro atoms. The highest BCUT2D eigenvalue weighted by Gasteiger charge is 2.17. The smallest absolute Gasteiger partial charge is 0.271 e. The maximum absolute atomic E-state index is 12.8. The average Bonchev–Trinajstić information content (AvgIpc) is 2.97. The number of fused-ring (bicyclic) bond motifs is 1. The first-order valence-electron chi connectivity index (χ1n) is 6.79. The Bertz CT molecular complexity index is 920. The maximum Gasteiger partial charge on any atom is 0.271 e. The number of nitro benzene ring substituents is 1. The first kappa shape index (κ1) is 15.2. The van der Waals surface area contributed by atoms with Crippen molar-refractivity contribution in [1.29, 1.82) is 0 Å². The van der Waals surface area contributed by atoms with Gasteiger partial charge >= 0.3 is 0 Å². The van der Waals surface area contributed by atoms with Gasteiger partial charge in [-0.25, -0.2) is 9.19 Å². The summed E-state index contributed by atoms with van der Waals surface area (Å²) in [5, 5.41) is 11.1. The number of nitrogens with zero attached hydrogens (tertiary/aromatic N) is 3. The number of aromatic nitrogens is 2. The van der Waals surface area contributed by atoms with Crippen LogP contribution in [0.2, 0.25) is 0 Å². The van der Waals surface area contributed by atoms with Gasteiger partial charge in [-0.05, 0) is 18.2 Å². The normalized spacial score (nSPS) is 12.3.